The Morgan fingerprint density at radius 1 is 1.35 bits per heavy atom. The lowest BCUT2D eigenvalue weighted by atomic mass is 10.3. The number of carbonyl (C=O) groups is 1. The summed E-state index contributed by atoms with van der Waals surface area (Å²) in [5, 5.41) is 15.3. The molecule has 0 atom stereocenters. The van der Waals surface area contributed by atoms with Gasteiger partial charge in [0.1, 0.15) is 0 Å². The van der Waals surface area contributed by atoms with Crippen molar-refractivity contribution in [3.05, 3.63) is 28.2 Å². The van der Waals surface area contributed by atoms with Crippen LogP contribution in [0.2, 0.25) is 10.0 Å². The first-order valence-corrected chi connectivity index (χ1v) is 8.97. The molecule has 0 radical (unpaired) electrons. The Kier molecular flexibility index (Phi) is 6.64. The maximum Gasteiger partial charge on any atom is 0.297 e. The minimum Gasteiger partial charge on any atom is -0.325 e. The molecule has 2 rings (SSSR count). The van der Waals surface area contributed by atoms with Gasteiger partial charge in [0.05, 0.1) is 29.9 Å². The number of nitrogens with one attached hydrogen (secondary N) is 2. The normalized spacial score (nSPS) is 10.3. The van der Waals surface area contributed by atoms with Crippen LogP contribution >= 0.6 is 46.3 Å². The van der Waals surface area contributed by atoms with E-state index in [1.165, 1.54) is 23.1 Å². The van der Waals surface area contributed by atoms with E-state index in [0.717, 1.165) is 0 Å². The number of benzene rings is 1. The van der Waals surface area contributed by atoms with Crippen molar-refractivity contribution in [2.24, 2.45) is 0 Å². The summed E-state index contributed by atoms with van der Waals surface area (Å²) in [6.07, 6.45) is 1.77. The Morgan fingerprint density at radius 2 is 2.13 bits per heavy atom. The van der Waals surface area contributed by atoms with Crippen molar-refractivity contribution in [3.63, 3.8) is 0 Å². The lowest BCUT2D eigenvalue weighted by molar-refractivity contribution is -0.459. The van der Waals surface area contributed by atoms with Crippen LogP contribution in [0, 0.1) is 0 Å². The molecule has 1 amide bonds. The second-order valence-corrected chi connectivity index (χ2v) is 7.59. The predicted molar refractivity (Wildman–Crippen MR) is 97.5 cm³/mol. The van der Waals surface area contributed by atoms with Crippen molar-refractivity contribution in [1.82, 2.24) is 10.2 Å². The Labute approximate surface area is 151 Å². The van der Waals surface area contributed by atoms with Crippen LogP contribution in [-0.2, 0) is 4.79 Å². The van der Waals surface area contributed by atoms with Gasteiger partial charge in [-0.1, -0.05) is 40.1 Å². The average Bonchev–Trinajstić information content (AvgIpc) is 2.95. The summed E-state index contributed by atoms with van der Waals surface area (Å²) in [5.41, 5.74) is 0.602. The topological polar surface area (TPSA) is 69.9 Å². The zero-order valence-electron chi connectivity index (χ0n) is 12.3. The molecule has 0 unspecified atom stereocenters. The minimum atomic E-state index is -0.155. The fourth-order valence-corrected chi connectivity index (χ4v) is 3.22. The molecule has 23 heavy (non-hydrogen) atoms. The molecular weight excluding hydrogens is 377 g/mol. The first-order chi connectivity index (χ1) is 10.9. The van der Waals surface area contributed by atoms with Gasteiger partial charge >= 0.3 is 0 Å². The highest BCUT2D eigenvalue weighted by molar-refractivity contribution is 8.01. The Balaban J connectivity index is 1.84. The van der Waals surface area contributed by atoms with E-state index in [9.17, 15) is 4.79 Å². The number of anilines is 2. The van der Waals surface area contributed by atoms with Crippen LogP contribution in [0.15, 0.2) is 22.5 Å². The highest BCUT2D eigenvalue weighted by Crippen LogP contribution is 2.27. The average molecular weight is 391 g/mol. The van der Waals surface area contributed by atoms with E-state index in [2.05, 4.69) is 20.8 Å². The van der Waals surface area contributed by atoms with E-state index in [4.69, 9.17) is 23.2 Å². The Hall–Kier alpha value is -1.35. The SMILES string of the molecule is C[N+](C)=CNc1nnc(SCC(=O)Nc2ccc(Cl)c(Cl)c2)s1. The molecule has 2 aromatic rings. The van der Waals surface area contributed by atoms with E-state index in [-0.39, 0.29) is 11.7 Å². The maximum atomic E-state index is 11.9. The van der Waals surface area contributed by atoms with Gasteiger partial charge in [0.25, 0.3) is 5.13 Å². The number of halogens is 2. The number of carbonyl (C=O) groups excluding carboxylic acids is 1. The van der Waals surface area contributed by atoms with Crippen molar-refractivity contribution < 1.29 is 9.37 Å². The van der Waals surface area contributed by atoms with Crippen LogP contribution in [0.5, 0.6) is 0 Å². The van der Waals surface area contributed by atoms with Gasteiger partial charge in [-0.2, -0.15) is 0 Å². The van der Waals surface area contributed by atoms with Crippen molar-refractivity contribution in [2.75, 3.05) is 30.5 Å². The molecule has 1 heterocycles. The van der Waals surface area contributed by atoms with Crippen molar-refractivity contribution >= 4 is 69.4 Å². The maximum absolute atomic E-state index is 11.9. The van der Waals surface area contributed by atoms with E-state index < -0.39 is 0 Å². The fraction of sp³-hybridized carbons (Fsp3) is 0.231. The van der Waals surface area contributed by atoms with Crippen LogP contribution in [-0.4, -0.2) is 46.9 Å². The summed E-state index contributed by atoms with van der Waals surface area (Å²) in [4.78, 5) is 11.9. The molecule has 1 aromatic carbocycles. The molecule has 2 N–H and O–H groups in total. The van der Waals surface area contributed by atoms with Crippen LogP contribution < -0.4 is 10.6 Å². The molecule has 0 aliphatic carbocycles. The number of rotatable bonds is 6. The first kappa shape index (κ1) is 18.0. The number of nitrogens with zero attached hydrogens (tertiary/aromatic N) is 3. The van der Waals surface area contributed by atoms with Crippen LogP contribution in [0.3, 0.4) is 0 Å². The van der Waals surface area contributed by atoms with Gasteiger partial charge in [0, 0.05) is 5.69 Å². The highest BCUT2D eigenvalue weighted by Gasteiger charge is 2.10. The Morgan fingerprint density at radius 3 is 2.83 bits per heavy atom. The van der Waals surface area contributed by atoms with Crippen molar-refractivity contribution in [2.45, 2.75) is 4.34 Å². The van der Waals surface area contributed by atoms with Crippen LogP contribution in [0.4, 0.5) is 10.8 Å². The summed E-state index contributed by atoms with van der Waals surface area (Å²) < 4.78 is 2.57. The molecule has 0 bridgehead atoms. The summed E-state index contributed by atoms with van der Waals surface area (Å²) >= 11 is 14.4. The zero-order chi connectivity index (χ0) is 16.8. The number of thioether (sulfide) groups is 1. The third-order valence-corrected chi connectivity index (χ3v) is 5.11. The highest BCUT2D eigenvalue weighted by atomic mass is 35.5. The quantitative estimate of drug-likeness (QED) is 0.342. The molecule has 122 valence electrons. The summed E-state index contributed by atoms with van der Waals surface area (Å²) in [6.45, 7) is 0. The molecule has 0 aliphatic rings. The molecule has 1 aromatic heterocycles. The molecule has 0 saturated carbocycles. The molecule has 0 saturated heterocycles. The van der Waals surface area contributed by atoms with Gasteiger partial charge in [-0.3, -0.25) is 9.37 Å². The standard InChI is InChI=1S/C13H13Cl2N5OS2/c1-20(2)7-16-12-18-19-13(23-12)22-6-11(21)17-8-3-4-9(14)10(15)5-8/h3-5,7H,6H2,1-2H3,(H,17,21)/p+1. The molecule has 0 aliphatic heterocycles. The molecule has 6 nitrogen and oxygen atoms in total. The van der Waals surface area contributed by atoms with Crippen molar-refractivity contribution in [1.29, 1.82) is 0 Å². The minimum absolute atomic E-state index is 0.155. The molecule has 10 heteroatoms. The second kappa shape index (κ2) is 8.49. The van der Waals surface area contributed by atoms with E-state index >= 15 is 0 Å². The number of amides is 1. The largest absolute Gasteiger partial charge is 0.325 e. The third-order valence-electron chi connectivity index (χ3n) is 2.38. The number of hydrogen-bond acceptors (Lipinski definition) is 5. The lowest BCUT2D eigenvalue weighted by Crippen LogP contribution is -2.13. The van der Waals surface area contributed by atoms with Gasteiger partial charge in [0.2, 0.25) is 12.2 Å². The zero-order valence-corrected chi connectivity index (χ0v) is 15.5. The molecule has 0 fully saturated rings. The van der Waals surface area contributed by atoms with Gasteiger partial charge in [-0.05, 0) is 29.5 Å². The number of hydrogen-bond donors (Lipinski definition) is 2. The first-order valence-electron chi connectivity index (χ1n) is 6.41. The Bertz CT molecular complexity index is 731. The lowest BCUT2D eigenvalue weighted by Gasteiger charge is -2.05. The summed E-state index contributed by atoms with van der Waals surface area (Å²) in [7, 11) is 3.80. The summed E-state index contributed by atoms with van der Waals surface area (Å²) in [5.74, 6) is 0.0738. The van der Waals surface area contributed by atoms with Crippen LogP contribution in [0.25, 0.3) is 0 Å². The second-order valence-electron chi connectivity index (χ2n) is 4.58. The number of aromatic nitrogens is 2. The predicted octanol–water partition coefficient (Wildman–Crippen LogP) is 3.29. The molecular formula is C13H14Cl2N5OS2+. The van der Waals surface area contributed by atoms with E-state index in [1.807, 2.05) is 18.7 Å². The van der Waals surface area contributed by atoms with E-state index in [0.29, 0.717) is 25.2 Å². The van der Waals surface area contributed by atoms with Gasteiger partial charge < -0.3 is 5.32 Å². The van der Waals surface area contributed by atoms with E-state index in [1.54, 1.807) is 24.5 Å². The van der Waals surface area contributed by atoms with Gasteiger partial charge in [0.15, 0.2) is 4.34 Å². The van der Waals surface area contributed by atoms with Crippen molar-refractivity contribution in [3.8, 4) is 0 Å². The summed E-state index contributed by atoms with van der Waals surface area (Å²) in [6, 6.07) is 4.94. The van der Waals surface area contributed by atoms with Gasteiger partial charge in [-0.25, -0.2) is 5.32 Å². The monoisotopic (exact) mass is 390 g/mol. The fourth-order valence-electron chi connectivity index (χ4n) is 1.41. The molecule has 0 spiro atoms. The smallest absolute Gasteiger partial charge is 0.297 e. The third kappa shape index (κ3) is 5.98. The van der Waals surface area contributed by atoms with Gasteiger partial charge in [-0.15, -0.1) is 5.10 Å². The van der Waals surface area contributed by atoms with Crippen LogP contribution in [0.1, 0.15) is 0 Å².